The lowest BCUT2D eigenvalue weighted by Gasteiger charge is -2.46. The van der Waals surface area contributed by atoms with Gasteiger partial charge in [-0.15, -0.1) is 0 Å². The summed E-state index contributed by atoms with van der Waals surface area (Å²) >= 11 is 15.6. The zero-order chi connectivity index (χ0) is 25.0. The summed E-state index contributed by atoms with van der Waals surface area (Å²) in [7, 11) is -1.05. The van der Waals surface area contributed by atoms with Crippen molar-refractivity contribution < 1.29 is 0 Å². The summed E-state index contributed by atoms with van der Waals surface area (Å²) in [6.07, 6.45) is 16.8. The highest BCUT2D eigenvalue weighted by atomic mass is 127. The summed E-state index contributed by atoms with van der Waals surface area (Å²) in [6.45, 7) is 2.56. The van der Waals surface area contributed by atoms with Gasteiger partial charge in [-0.3, -0.25) is 0 Å². The first-order valence-corrected chi connectivity index (χ1v) is 26.4. The number of hydrogen-bond acceptors (Lipinski definition) is 1. The predicted octanol–water partition coefficient (Wildman–Crippen LogP) is 9.91. The van der Waals surface area contributed by atoms with E-state index in [4.69, 9.17) is 0 Å². The average molecular weight is 1180 g/mol. The molecule has 0 aromatic rings. The van der Waals surface area contributed by atoms with Crippen molar-refractivity contribution in [3.8, 4) is 0 Å². The highest BCUT2D eigenvalue weighted by molar-refractivity contribution is 14.1. The van der Waals surface area contributed by atoms with Gasteiger partial charge >= 0.3 is 0 Å². The van der Waals surface area contributed by atoms with Gasteiger partial charge in [-0.2, -0.15) is 0 Å². The van der Waals surface area contributed by atoms with Crippen molar-refractivity contribution in [3.05, 3.63) is 0 Å². The summed E-state index contributed by atoms with van der Waals surface area (Å²) in [6, 6.07) is 0. The van der Waals surface area contributed by atoms with Crippen LogP contribution in [0, 0.1) is 0 Å². The van der Waals surface area contributed by atoms with E-state index in [-0.39, 0.29) is 0 Å². The summed E-state index contributed by atoms with van der Waals surface area (Å²) in [5, 5.41) is 5.97. The van der Waals surface area contributed by atoms with Gasteiger partial charge < -0.3 is 5.32 Å². The number of hydrogen-bond donors (Lipinski definition) is 1. The summed E-state index contributed by atoms with van der Waals surface area (Å²) in [4.78, 5) is 0. The van der Waals surface area contributed by atoms with Crippen molar-refractivity contribution in [1.82, 2.24) is 5.32 Å². The van der Waals surface area contributed by atoms with Crippen LogP contribution in [0.15, 0.2) is 0 Å². The molecule has 0 heterocycles. The van der Waals surface area contributed by atoms with Crippen molar-refractivity contribution in [2.45, 2.75) is 61.9 Å². The minimum Gasteiger partial charge on any atom is -0.315 e. The van der Waals surface area contributed by atoms with Gasteiger partial charge in [0, 0.05) is 41.3 Å². The van der Waals surface area contributed by atoms with Crippen LogP contribution >= 0.6 is 156 Å². The Hall–Kier alpha value is 5.04. The molecule has 1 N–H and O–H groups in total. The van der Waals surface area contributed by atoms with Gasteiger partial charge in [0.15, 0.2) is 0 Å². The van der Waals surface area contributed by atoms with Crippen molar-refractivity contribution in [1.29, 1.82) is 0 Å². The van der Waals surface area contributed by atoms with Gasteiger partial charge in [-0.05, 0) is 95.7 Å². The molecular weight excluding hydrogens is 1130 g/mol. The Balaban J connectivity index is 5.41. The second-order valence-electron chi connectivity index (χ2n) is 9.25. The van der Waals surface area contributed by atoms with Crippen LogP contribution < -0.4 is 5.32 Å². The Morgan fingerprint density at radius 1 is 0.485 bits per heavy atom. The van der Waals surface area contributed by atoms with Crippen molar-refractivity contribution in [3.63, 3.8) is 0 Å². The minimum absolute atomic E-state index is 0.527. The topological polar surface area (TPSA) is 12.0 Å². The maximum atomic E-state index is 4.15. The van der Waals surface area contributed by atoms with E-state index in [1.807, 2.05) is 0 Å². The van der Waals surface area contributed by atoms with Crippen LogP contribution in [0.3, 0.4) is 0 Å². The molecule has 0 rings (SSSR count). The Morgan fingerprint density at radius 2 is 0.758 bits per heavy atom. The van der Waals surface area contributed by atoms with Crippen LogP contribution in [-0.4, -0.2) is 85.7 Å². The van der Waals surface area contributed by atoms with Crippen LogP contribution in [0.5, 0.6) is 0 Å². The lowest BCUT2D eigenvalue weighted by atomic mass is 10.2. The van der Waals surface area contributed by atoms with Gasteiger partial charge in [0.1, 0.15) is 0 Å². The van der Waals surface area contributed by atoms with Crippen molar-refractivity contribution >= 4 is 156 Å². The predicted molar refractivity (Wildman–Crippen MR) is 217 cm³/mol. The van der Waals surface area contributed by atoms with E-state index < -0.39 is 20.1 Å². The maximum absolute atomic E-state index is 4.15. The van der Waals surface area contributed by atoms with Gasteiger partial charge in [0.05, 0.1) is 0 Å². The molecule has 0 amide bonds. The van der Waals surface area contributed by atoms with Crippen LogP contribution in [0.1, 0.15) is 51.4 Å². The highest BCUT2D eigenvalue weighted by Gasteiger charge is 2.30. The molecule has 0 aliphatic heterocycles. The van der Waals surface area contributed by atoms with Crippen molar-refractivity contribution in [2.75, 3.05) is 75.2 Å². The first kappa shape index (κ1) is 38.0. The van der Waals surface area contributed by atoms with E-state index in [0.29, 0.717) is 0 Å². The Morgan fingerprint density at radius 3 is 1.00 bits per heavy atom. The molecule has 204 valence electrons. The molecule has 0 aromatic carbocycles. The van der Waals surface area contributed by atoms with E-state index in [0.717, 1.165) is 10.5 Å². The Kier molecular flexibility index (Phi) is 28.6. The first-order valence-electron chi connectivity index (χ1n) is 12.4. The molecule has 33 heavy (non-hydrogen) atoms. The fourth-order valence-corrected chi connectivity index (χ4v) is 16.5. The molecule has 0 saturated carbocycles. The third-order valence-electron chi connectivity index (χ3n) is 6.65. The van der Waals surface area contributed by atoms with E-state index >= 15 is 0 Å². The second-order valence-corrected chi connectivity index (χ2v) is 24.1. The molecule has 0 saturated heterocycles. The van der Waals surface area contributed by atoms with Crippen LogP contribution in [0.25, 0.3) is 0 Å². The van der Waals surface area contributed by atoms with Gasteiger partial charge in [-0.1, -0.05) is 136 Å². The van der Waals surface area contributed by atoms with Gasteiger partial charge in [0.25, 0.3) is 0 Å². The molecular formula is C24H49I6NS2. The normalized spacial score (nSPS) is 15.5. The summed E-state index contributed by atoms with van der Waals surface area (Å²) in [5.74, 6) is 5.97. The molecule has 0 bridgehead atoms. The maximum Gasteiger partial charge on any atom is 0.00565 e. The average Bonchev–Trinajstić information content (AvgIpc) is 2.82. The number of nitrogens with one attached hydrogen (secondary N) is 1. The Labute approximate surface area is 292 Å². The molecule has 0 fully saturated rings. The second kappa shape index (κ2) is 24.8. The van der Waals surface area contributed by atoms with Gasteiger partial charge in [0.2, 0.25) is 0 Å². The minimum atomic E-state index is -0.527. The van der Waals surface area contributed by atoms with Crippen LogP contribution in [-0.2, 0) is 0 Å². The number of rotatable bonds is 24. The molecule has 0 aliphatic carbocycles. The third-order valence-corrected chi connectivity index (χ3v) is 20.1. The fourth-order valence-electron chi connectivity index (χ4n) is 4.60. The monoisotopic (exact) mass is 1180 g/mol. The van der Waals surface area contributed by atoms with Crippen LogP contribution in [0.2, 0.25) is 0 Å². The van der Waals surface area contributed by atoms with E-state index in [1.165, 1.54) is 114 Å². The zero-order valence-electron chi connectivity index (χ0n) is 20.9. The van der Waals surface area contributed by atoms with E-state index in [9.17, 15) is 0 Å². The molecule has 0 spiro atoms. The third kappa shape index (κ3) is 17.5. The standard InChI is InChI=1S/C24H49I6NS2/c1-32(17-5-13-27,18-6-14-28)23(9-3-11-25)21-31-22-24(10-4-12-26)33(2,19-7-15-29)20-8-16-30/h23-24,31H,3-22H2,1-2H3. The van der Waals surface area contributed by atoms with E-state index in [1.54, 1.807) is 0 Å². The zero-order valence-corrected chi connectivity index (χ0v) is 35.5. The fraction of sp³-hybridized carbons (Fsp3) is 1.00. The molecule has 0 aromatic heterocycles. The van der Waals surface area contributed by atoms with Gasteiger partial charge in [-0.25, -0.2) is 20.1 Å². The quantitative estimate of drug-likeness (QED) is 0.0751. The summed E-state index contributed by atoms with van der Waals surface area (Å²) in [5.41, 5.74) is 0. The summed E-state index contributed by atoms with van der Waals surface area (Å²) < 4.78 is 7.93. The van der Waals surface area contributed by atoms with E-state index in [2.05, 4.69) is 153 Å². The number of alkyl halides is 6. The highest BCUT2D eigenvalue weighted by Crippen LogP contribution is 2.53. The molecule has 9 heteroatoms. The smallest absolute Gasteiger partial charge is 0.00565 e. The molecule has 0 radical (unpaired) electrons. The lowest BCUT2D eigenvalue weighted by Crippen LogP contribution is -2.40. The molecule has 2 atom stereocenters. The molecule has 1 nitrogen and oxygen atoms in total. The van der Waals surface area contributed by atoms with Crippen LogP contribution in [0.4, 0.5) is 0 Å². The lowest BCUT2D eigenvalue weighted by molar-refractivity contribution is 0.594. The SMILES string of the molecule is CS(CCCI)(CCCI)C(CCCI)CNCC(CCCI)S(C)(CCCI)CCCI. The molecule has 0 aliphatic rings. The Bertz CT molecular complexity index is 393. The van der Waals surface area contributed by atoms with Crippen molar-refractivity contribution in [2.24, 2.45) is 0 Å². The molecule has 2 unspecified atom stereocenters. The largest absolute Gasteiger partial charge is 0.315 e. The number of halogens is 6. The first-order chi connectivity index (χ1) is 15.9.